The van der Waals surface area contributed by atoms with Crippen LogP contribution in [0.3, 0.4) is 0 Å². The molecule has 27 heavy (non-hydrogen) atoms. The quantitative estimate of drug-likeness (QED) is 0.711. The van der Waals surface area contributed by atoms with E-state index in [-0.39, 0.29) is 0 Å². The molecule has 0 fully saturated rings. The molecule has 4 heteroatoms. The molecule has 0 saturated carbocycles. The van der Waals surface area contributed by atoms with Crippen LogP contribution in [0, 0.1) is 34.6 Å². The van der Waals surface area contributed by atoms with Gasteiger partial charge in [-0.05, 0) is 70.5 Å². The molecule has 3 aromatic rings. The van der Waals surface area contributed by atoms with E-state index in [9.17, 15) is 5.11 Å². The van der Waals surface area contributed by atoms with Crippen LogP contribution in [0.1, 0.15) is 39.2 Å². The summed E-state index contributed by atoms with van der Waals surface area (Å²) in [6.45, 7) is 11.9. The predicted octanol–water partition coefficient (Wildman–Crippen LogP) is 4.75. The Balaban J connectivity index is 1.84. The van der Waals surface area contributed by atoms with Gasteiger partial charge in [0.1, 0.15) is 5.75 Å². The maximum Gasteiger partial charge on any atom is 0.120 e. The predicted molar refractivity (Wildman–Crippen MR) is 111 cm³/mol. The second-order valence-corrected chi connectivity index (χ2v) is 7.59. The zero-order valence-corrected chi connectivity index (χ0v) is 17.2. The third-order valence-electron chi connectivity index (χ3n) is 5.35. The number of aromatic nitrogens is 2. The Labute approximate surface area is 162 Å². The number of benzene rings is 2. The van der Waals surface area contributed by atoms with Gasteiger partial charge in [0.15, 0.2) is 0 Å². The largest absolute Gasteiger partial charge is 0.508 e. The van der Waals surface area contributed by atoms with Gasteiger partial charge >= 0.3 is 0 Å². The monoisotopic (exact) mass is 363 g/mol. The molecule has 0 aliphatic heterocycles. The maximum atomic E-state index is 10.3. The van der Waals surface area contributed by atoms with Gasteiger partial charge in [0.2, 0.25) is 0 Å². The Hall–Kier alpha value is -2.59. The van der Waals surface area contributed by atoms with E-state index in [1.807, 2.05) is 23.7 Å². The fourth-order valence-electron chi connectivity index (χ4n) is 3.54. The van der Waals surface area contributed by atoms with Crippen molar-refractivity contribution >= 4 is 0 Å². The van der Waals surface area contributed by atoms with Crippen molar-refractivity contribution in [1.82, 2.24) is 14.7 Å². The van der Waals surface area contributed by atoms with Gasteiger partial charge < -0.3 is 5.11 Å². The zero-order valence-electron chi connectivity index (χ0n) is 17.2. The molecule has 1 N–H and O–H groups in total. The number of hydrogen-bond donors (Lipinski definition) is 1. The van der Waals surface area contributed by atoms with Crippen molar-refractivity contribution in [3.63, 3.8) is 0 Å². The molecule has 0 aliphatic carbocycles. The molecule has 0 radical (unpaired) electrons. The molecule has 0 amide bonds. The molecule has 0 aliphatic rings. The van der Waals surface area contributed by atoms with Crippen LogP contribution in [0.5, 0.6) is 5.75 Å². The van der Waals surface area contributed by atoms with Crippen molar-refractivity contribution < 1.29 is 5.11 Å². The fraction of sp³-hybridized carbons (Fsp3) is 0.348. The Morgan fingerprint density at radius 2 is 1.59 bits per heavy atom. The van der Waals surface area contributed by atoms with Crippen molar-refractivity contribution in [2.75, 3.05) is 7.05 Å². The third-order valence-corrected chi connectivity index (χ3v) is 5.35. The van der Waals surface area contributed by atoms with Gasteiger partial charge in [0, 0.05) is 29.9 Å². The summed E-state index contributed by atoms with van der Waals surface area (Å²) in [4.78, 5) is 2.23. The van der Waals surface area contributed by atoms with E-state index in [1.54, 1.807) is 0 Å². The standard InChI is InChI=1S/C23H29N3O/c1-15-9-7-8-10-22(15)26-19(5)21(18(4)24-26)14-25(6)13-20-11-16(2)17(3)12-23(20)27/h7-12,27H,13-14H2,1-6H3. The first-order valence-electron chi connectivity index (χ1n) is 9.36. The van der Waals surface area contributed by atoms with Crippen LogP contribution in [-0.2, 0) is 13.1 Å². The van der Waals surface area contributed by atoms with Crippen LogP contribution in [0.4, 0.5) is 0 Å². The highest BCUT2D eigenvalue weighted by Gasteiger charge is 2.16. The lowest BCUT2D eigenvalue weighted by atomic mass is 10.0. The molecule has 0 bridgehead atoms. The third kappa shape index (κ3) is 3.91. The minimum absolute atomic E-state index is 0.369. The smallest absolute Gasteiger partial charge is 0.120 e. The lowest BCUT2D eigenvalue weighted by Gasteiger charge is -2.19. The van der Waals surface area contributed by atoms with Crippen LogP contribution in [0.2, 0.25) is 0 Å². The SMILES string of the molecule is Cc1cc(O)c(CN(C)Cc2c(C)nn(-c3ccccc3C)c2C)cc1C. The van der Waals surface area contributed by atoms with Gasteiger partial charge in [-0.25, -0.2) is 4.68 Å². The normalized spacial score (nSPS) is 11.4. The summed E-state index contributed by atoms with van der Waals surface area (Å²) in [6.07, 6.45) is 0. The van der Waals surface area contributed by atoms with Crippen LogP contribution in [-0.4, -0.2) is 26.8 Å². The molecule has 142 valence electrons. The molecular formula is C23H29N3O. The first-order chi connectivity index (χ1) is 12.8. The summed E-state index contributed by atoms with van der Waals surface area (Å²) in [5.41, 5.74) is 9.07. The van der Waals surface area contributed by atoms with E-state index < -0.39 is 0 Å². The number of phenols is 1. The van der Waals surface area contributed by atoms with Crippen LogP contribution < -0.4 is 0 Å². The maximum absolute atomic E-state index is 10.3. The lowest BCUT2D eigenvalue weighted by Crippen LogP contribution is -2.18. The number of rotatable bonds is 5. The van der Waals surface area contributed by atoms with Crippen molar-refractivity contribution in [3.05, 3.63) is 75.6 Å². The minimum Gasteiger partial charge on any atom is -0.508 e. The first kappa shape index (κ1) is 19.2. The highest BCUT2D eigenvalue weighted by Crippen LogP contribution is 2.25. The van der Waals surface area contributed by atoms with Crippen LogP contribution >= 0.6 is 0 Å². The summed E-state index contributed by atoms with van der Waals surface area (Å²) in [5, 5.41) is 15.1. The van der Waals surface area contributed by atoms with Crippen LogP contribution in [0.15, 0.2) is 36.4 Å². The molecule has 0 spiro atoms. The first-order valence-corrected chi connectivity index (χ1v) is 9.36. The fourth-order valence-corrected chi connectivity index (χ4v) is 3.54. The summed E-state index contributed by atoms with van der Waals surface area (Å²) in [5.74, 6) is 0.369. The van der Waals surface area contributed by atoms with Crippen molar-refractivity contribution in [2.24, 2.45) is 0 Å². The Bertz CT molecular complexity index is 972. The summed E-state index contributed by atoms with van der Waals surface area (Å²) >= 11 is 0. The molecule has 2 aromatic carbocycles. The number of phenolic OH excluding ortho intramolecular Hbond substituents is 1. The van der Waals surface area contributed by atoms with E-state index in [4.69, 9.17) is 5.10 Å². The molecule has 4 nitrogen and oxygen atoms in total. The number of para-hydroxylation sites is 1. The number of aryl methyl sites for hydroxylation is 4. The van der Waals surface area contributed by atoms with E-state index in [0.717, 1.165) is 34.7 Å². The molecule has 0 saturated heterocycles. The molecule has 0 unspecified atom stereocenters. The average molecular weight is 364 g/mol. The van der Waals surface area contributed by atoms with Gasteiger partial charge in [-0.15, -0.1) is 0 Å². The second kappa shape index (κ2) is 7.57. The van der Waals surface area contributed by atoms with Gasteiger partial charge in [0.25, 0.3) is 0 Å². The lowest BCUT2D eigenvalue weighted by molar-refractivity contribution is 0.311. The average Bonchev–Trinajstić information content (AvgIpc) is 2.88. The Morgan fingerprint density at radius 1 is 0.926 bits per heavy atom. The highest BCUT2D eigenvalue weighted by atomic mass is 16.3. The molecule has 3 rings (SSSR count). The number of nitrogens with zero attached hydrogens (tertiary/aromatic N) is 3. The molecular weight excluding hydrogens is 334 g/mol. The van der Waals surface area contributed by atoms with Gasteiger partial charge in [-0.3, -0.25) is 4.90 Å². The van der Waals surface area contributed by atoms with E-state index in [0.29, 0.717) is 12.3 Å². The van der Waals surface area contributed by atoms with Gasteiger partial charge in [-0.1, -0.05) is 24.3 Å². The molecule has 1 aromatic heterocycles. The molecule has 1 heterocycles. The van der Waals surface area contributed by atoms with Crippen molar-refractivity contribution in [1.29, 1.82) is 0 Å². The summed E-state index contributed by atoms with van der Waals surface area (Å²) in [6, 6.07) is 12.3. The van der Waals surface area contributed by atoms with Gasteiger partial charge in [-0.2, -0.15) is 5.10 Å². The summed E-state index contributed by atoms with van der Waals surface area (Å²) < 4.78 is 2.04. The number of hydrogen-bond acceptors (Lipinski definition) is 3. The minimum atomic E-state index is 0.369. The summed E-state index contributed by atoms with van der Waals surface area (Å²) in [7, 11) is 2.08. The van der Waals surface area contributed by atoms with E-state index in [2.05, 4.69) is 63.9 Å². The Morgan fingerprint density at radius 3 is 2.30 bits per heavy atom. The zero-order chi connectivity index (χ0) is 19.7. The molecule has 0 atom stereocenters. The van der Waals surface area contributed by atoms with Gasteiger partial charge in [0.05, 0.1) is 11.4 Å². The second-order valence-electron chi connectivity index (χ2n) is 7.59. The van der Waals surface area contributed by atoms with E-state index >= 15 is 0 Å². The topological polar surface area (TPSA) is 41.3 Å². The van der Waals surface area contributed by atoms with Crippen molar-refractivity contribution in [3.8, 4) is 11.4 Å². The highest BCUT2D eigenvalue weighted by molar-refractivity contribution is 5.43. The van der Waals surface area contributed by atoms with Crippen LogP contribution in [0.25, 0.3) is 5.69 Å². The van der Waals surface area contributed by atoms with E-state index in [1.165, 1.54) is 16.7 Å². The van der Waals surface area contributed by atoms with Crippen molar-refractivity contribution in [2.45, 2.75) is 47.7 Å². The Kier molecular flexibility index (Phi) is 5.38. The number of aromatic hydroxyl groups is 1.